The Kier molecular flexibility index (Phi) is 10.7. The molecule has 3 rings (SSSR count). The second-order valence-corrected chi connectivity index (χ2v) is 8.52. The molecule has 5 nitrogen and oxygen atoms in total. The van der Waals surface area contributed by atoms with Gasteiger partial charge in [-0.25, -0.2) is 8.78 Å². The van der Waals surface area contributed by atoms with Crippen LogP contribution < -0.4 is 15.4 Å². The van der Waals surface area contributed by atoms with Crippen molar-refractivity contribution in [2.24, 2.45) is 4.99 Å². The number of piperidine rings is 1. The van der Waals surface area contributed by atoms with E-state index in [4.69, 9.17) is 9.73 Å². The van der Waals surface area contributed by atoms with Crippen molar-refractivity contribution in [3.8, 4) is 5.75 Å². The van der Waals surface area contributed by atoms with Gasteiger partial charge in [0, 0.05) is 31.1 Å². The van der Waals surface area contributed by atoms with Gasteiger partial charge in [-0.1, -0.05) is 25.0 Å². The van der Waals surface area contributed by atoms with Gasteiger partial charge < -0.3 is 15.4 Å². The highest BCUT2D eigenvalue weighted by Gasteiger charge is 2.36. The number of nitrogens with one attached hydrogen (secondary N) is 2. The van der Waals surface area contributed by atoms with E-state index in [9.17, 15) is 8.78 Å². The maximum atomic E-state index is 12.6. The lowest BCUT2D eigenvalue weighted by Gasteiger charge is -2.33. The van der Waals surface area contributed by atoms with Crippen LogP contribution in [0, 0.1) is 0 Å². The number of hydrogen-bond donors (Lipinski definition) is 2. The minimum absolute atomic E-state index is 0. The molecule has 0 radical (unpaired) electrons. The first-order valence-corrected chi connectivity index (χ1v) is 11.2. The van der Waals surface area contributed by atoms with E-state index in [0.717, 1.165) is 50.5 Å². The standard InChI is InChI=1S/C23H36F2N4O.HI/c1-3-26-22(28-19-9-13-29(14-10-19)16-21(24)25)27-17-23(11-4-5-12-23)18-7-6-8-20(15-18)30-2;/h6-8,15,19,21H,3-5,9-14,16-17H2,1-2H3,(H2,26,27,28);1H. The van der Waals surface area contributed by atoms with Crippen molar-refractivity contribution in [3.05, 3.63) is 29.8 Å². The average Bonchev–Trinajstić information content (AvgIpc) is 3.23. The first-order valence-electron chi connectivity index (χ1n) is 11.2. The van der Waals surface area contributed by atoms with Crippen molar-refractivity contribution in [2.75, 3.05) is 39.8 Å². The summed E-state index contributed by atoms with van der Waals surface area (Å²) in [6, 6.07) is 8.67. The topological polar surface area (TPSA) is 48.9 Å². The van der Waals surface area contributed by atoms with Crippen molar-refractivity contribution in [3.63, 3.8) is 0 Å². The number of ether oxygens (including phenoxy) is 1. The fourth-order valence-corrected chi connectivity index (χ4v) is 4.74. The van der Waals surface area contributed by atoms with Crippen molar-refractivity contribution in [2.45, 2.75) is 63.3 Å². The predicted molar refractivity (Wildman–Crippen MR) is 133 cm³/mol. The lowest BCUT2D eigenvalue weighted by Crippen LogP contribution is -2.49. The molecule has 1 aromatic rings. The Hall–Kier alpha value is -1.16. The highest BCUT2D eigenvalue weighted by Crippen LogP contribution is 2.42. The molecular weight excluding hydrogens is 513 g/mol. The molecule has 8 heteroatoms. The second-order valence-electron chi connectivity index (χ2n) is 8.52. The van der Waals surface area contributed by atoms with E-state index >= 15 is 0 Å². The van der Waals surface area contributed by atoms with Crippen LogP contribution in [0.4, 0.5) is 8.78 Å². The summed E-state index contributed by atoms with van der Waals surface area (Å²) in [6.07, 6.45) is 4.17. The number of alkyl halides is 2. The molecule has 1 saturated heterocycles. The third-order valence-electron chi connectivity index (χ3n) is 6.45. The fourth-order valence-electron chi connectivity index (χ4n) is 4.74. The first kappa shape index (κ1) is 26.1. The number of nitrogens with zero attached hydrogens (tertiary/aromatic N) is 2. The SMILES string of the molecule is CCNC(=NCC1(c2cccc(OC)c2)CCCC1)NC1CCN(CC(F)F)CC1.I. The number of likely N-dealkylation sites (tertiary alicyclic amines) is 1. The van der Waals surface area contributed by atoms with Gasteiger partial charge in [-0.2, -0.15) is 0 Å². The third kappa shape index (κ3) is 7.44. The van der Waals surface area contributed by atoms with Crippen LogP contribution >= 0.6 is 24.0 Å². The average molecular weight is 550 g/mol. The molecule has 1 saturated carbocycles. The minimum atomic E-state index is -2.26. The maximum Gasteiger partial charge on any atom is 0.251 e. The van der Waals surface area contributed by atoms with Crippen LogP contribution in [-0.2, 0) is 5.41 Å². The van der Waals surface area contributed by atoms with Crippen molar-refractivity contribution >= 4 is 29.9 Å². The van der Waals surface area contributed by atoms with Crippen LogP contribution in [0.15, 0.2) is 29.3 Å². The molecular formula is C23H37F2IN4O. The summed E-state index contributed by atoms with van der Waals surface area (Å²) in [5.41, 5.74) is 1.36. The molecule has 0 bridgehead atoms. The van der Waals surface area contributed by atoms with Gasteiger partial charge in [0.05, 0.1) is 20.2 Å². The Balaban J connectivity index is 0.00000341. The van der Waals surface area contributed by atoms with Crippen LogP contribution in [0.25, 0.3) is 0 Å². The normalized spacial score (nSPS) is 19.8. The van der Waals surface area contributed by atoms with Crippen LogP contribution in [0.1, 0.15) is 51.0 Å². The predicted octanol–water partition coefficient (Wildman–Crippen LogP) is 4.41. The number of rotatable bonds is 8. The Morgan fingerprint density at radius 3 is 2.58 bits per heavy atom. The Labute approximate surface area is 202 Å². The highest BCUT2D eigenvalue weighted by molar-refractivity contribution is 14.0. The van der Waals surface area contributed by atoms with E-state index in [2.05, 4.69) is 35.8 Å². The molecule has 1 heterocycles. The zero-order valence-corrected chi connectivity index (χ0v) is 21.0. The molecule has 1 aromatic carbocycles. The summed E-state index contributed by atoms with van der Waals surface area (Å²) in [5, 5.41) is 6.92. The molecule has 176 valence electrons. The number of benzene rings is 1. The summed E-state index contributed by atoms with van der Waals surface area (Å²) in [5.74, 6) is 1.72. The van der Waals surface area contributed by atoms with Gasteiger partial charge in [0.1, 0.15) is 5.75 Å². The minimum Gasteiger partial charge on any atom is -0.497 e. The number of halogens is 3. The van der Waals surface area contributed by atoms with E-state index in [0.29, 0.717) is 13.1 Å². The summed E-state index contributed by atoms with van der Waals surface area (Å²) >= 11 is 0. The van der Waals surface area contributed by atoms with Gasteiger partial charge in [-0.15, -0.1) is 24.0 Å². The smallest absolute Gasteiger partial charge is 0.251 e. The number of hydrogen-bond acceptors (Lipinski definition) is 3. The highest BCUT2D eigenvalue weighted by atomic mass is 127. The molecule has 0 aromatic heterocycles. The quantitative estimate of drug-likeness (QED) is 0.286. The molecule has 31 heavy (non-hydrogen) atoms. The summed E-state index contributed by atoms with van der Waals surface area (Å²) in [7, 11) is 1.71. The Bertz CT molecular complexity index is 690. The number of methoxy groups -OCH3 is 1. The number of guanidine groups is 1. The van der Waals surface area contributed by atoms with Crippen molar-refractivity contribution in [1.82, 2.24) is 15.5 Å². The third-order valence-corrected chi connectivity index (χ3v) is 6.45. The lowest BCUT2D eigenvalue weighted by atomic mass is 9.79. The molecule has 0 atom stereocenters. The van der Waals surface area contributed by atoms with Gasteiger partial charge in [0.2, 0.25) is 0 Å². The van der Waals surface area contributed by atoms with Crippen LogP contribution in [0.3, 0.4) is 0 Å². The summed E-state index contributed by atoms with van der Waals surface area (Å²) in [4.78, 5) is 6.83. The van der Waals surface area contributed by atoms with E-state index < -0.39 is 6.43 Å². The Morgan fingerprint density at radius 1 is 1.26 bits per heavy atom. The molecule has 0 amide bonds. The van der Waals surface area contributed by atoms with Crippen LogP contribution in [0.5, 0.6) is 5.75 Å². The van der Waals surface area contributed by atoms with Gasteiger partial charge in [-0.05, 0) is 50.3 Å². The van der Waals surface area contributed by atoms with Gasteiger partial charge in [0.25, 0.3) is 6.43 Å². The summed E-state index contributed by atoms with van der Waals surface area (Å²) < 4.78 is 30.7. The van der Waals surface area contributed by atoms with Gasteiger partial charge in [-0.3, -0.25) is 9.89 Å². The lowest BCUT2D eigenvalue weighted by molar-refractivity contribution is 0.0744. The maximum absolute atomic E-state index is 12.6. The molecule has 1 aliphatic heterocycles. The second kappa shape index (κ2) is 12.8. The van der Waals surface area contributed by atoms with Crippen LogP contribution in [-0.4, -0.2) is 63.2 Å². The Morgan fingerprint density at radius 2 is 1.97 bits per heavy atom. The van der Waals surface area contributed by atoms with Crippen molar-refractivity contribution in [1.29, 1.82) is 0 Å². The molecule has 2 aliphatic rings. The largest absolute Gasteiger partial charge is 0.497 e. The van der Waals surface area contributed by atoms with Gasteiger partial charge in [0.15, 0.2) is 5.96 Å². The fraction of sp³-hybridized carbons (Fsp3) is 0.696. The molecule has 0 spiro atoms. The molecule has 2 N–H and O–H groups in total. The monoisotopic (exact) mass is 550 g/mol. The molecule has 0 unspecified atom stereocenters. The zero-order valence-electron chi connectivity index (χ0n) is 18.7. The molecule has 1 aliphatic carbocycles. The zero-order chi connectivity index (χ0) is 21.4. The first-order chi connectivity index (χ1) is 14.5. The van der Waals surface area contributed by atoms with Crippen molar-refractivity contribution < 1.29 is 13.5 Å². The van der Waals surface area contributed by atoms with E-state index in [1.165, 1.54) is 18.4 Å². The van der Waals surface area contributed by atoms with E-state index in [1.54, 1.807) is 7.11 Å². The van der Waals surface area contributed by atoms with E-state index in [-0.39, 0.29) is 42.0 Å². The van der Waals surface area contributed by atoms with Crippen LogP contribution in [0.2, 0.25) is 0 Å². The van der Waals surface area contributed by atoms with Gasteiger partial charge >= 0.3 is 0 Å². The number of aliphatic imine (C=N–C) groups is 1. The summed E-state index contributed by atoms with van der Waals surface area (Å²) in [6.45, 7) is 4.88. The van der Waals surface area contributed by atoms with E-state index in [1.807, 2.05) is 11.0 Å². The molecule has 2 fully saturated rings.